The first kappa shape index (κ1) is 13.4. The number of hydrogen-bond donors (Lipinski definition) is 0. The van der Waals surface area contributed by atoms with E-state index in [4.69, 9.17) is 9.47 Å². The molecule has 1 aliphatic heterocycles. The van der Waals surface area contributed by atoms with Crippen LogP contribution in [0.1, 0.15) is 24.8 Å². The summed E-state index contributed by atoms with van der Waals surface area (Å²) in [6, 6.07) is 12.8. The maximum Gasteiger partial charge on any atom is 0.122 e. The van der Waals surface area contributed by atoms with Crippen LogP contribution in [0.3, 0.4) is 0 Å². The molecule has 0 radical (unpaired) electrons. The molecule has 2 aromatic rings. The maximum absolute atomic E-state index is 6.01. The molecule has 2 aromatic carbocycles. The van der Waals surface area contributed by atoms with Crippen LogP contribution in [0.5, 0.6) is 5.75 Å². The third-order valence-electron chi connectivity index (χ3n) is 4.17. The van der Waals surface area contributed by atoms with Crippen LogP contribution in [-0.2, 0) is 4.74 Å². The zero-order valence-corrected chi connectivity index (χ0v) is 12.1. The SMILES string of the molecule is Cc1cc2ccccc2cc1OCCC1CCOCC1. The molecule has 0 aromatic heterocycles. The van der Waals surface area contributed by atoms with Gasteiger partial charge in [-0.1, -0.05) is 24.3 Å². The molecule has 0 unspecified atom stereocenters. The van der Waals surface area contributed by atoms with E-state index in [2.05, 4.69) is 43.3 Å². The highest BCUT2D eigenvalue weighted by Gasteiger charge is 2.13. The lowest BCUT2D eigenvalue weighted by Crippen LogP contribution is -2.17. The van der Waals surface area contributed by atoms with Crippen molar-refractivity contribution in [3.05, 3.63) is 42.0 Å². The fourth-order valence-electron chi connectivity index (χ4n) is 2.86. The van der Waals surface area contributed by atoms with E-state index in [0.29, 0.717) is 0 Å². The van der Waals surface area contributed by atoms with Gasteiger partial charge in [-0.15, -0.1) is 0 Å². The van der Waals surface area contributed by atoms with Gasteiger partial charge in [-0.3, -0.25) is 0 Å². The van der Waals surface area contributed by atoms with Crippen LogP contribution in [0.4, 0.5) is 0 Å². The third-order valence-corrected chi connectivity index (χ3v) is 4.17. The van der Waals surface area contributed by atoms with E-state index in [1.165, 1.54) is 29.2 Å². The first-order valence-corrected chi connectivity index (χ1v) is 7.53. The Morgan fingerprint density at radius 1 is 1.10 bits per heavy atom. The zero-order chi connectivity index (χ0) is 13.8. The van der Waals surface area contributed by atoms with E-state index < -0.39 is 0 Å². The lowest BCUT2D eigenvalue weighted by molar-refractivity contribution is 0.0593. The van der Waals surface area contributed by atoms with Gasteiger partial charge >= 0.3 is 0 Å². The lowest BCUT2D eigenvalue weighted by atomic mass is 9.97. The van der Waals surface area contributed by atoms with Gasteiger partial charge in [-0.2, -0.15) is 0 Å². The Bertz CT molecular complexity index is 571. The van der Waals surface area contributed by atoms with E-state index in [-0.39, 0.29) is 0 Å². The van der Waals surface area contributed by atoms with Crippen molar-refractivity contribution < 1.29 is 9.47 Å². The van der Waals surface area contributed by atoms with Crippen molar-refractivity contribution >= 4 is 10.8 Å². The summed E-state index contributed by atoms with van der Waals surface area (Å²) in [6.45, 7) is 4.76. The predicted octanol–water partition coefficient (Wildman–Crippen LogP) is 4.34. The van der Waals surface area contributed by atoms with Gasteiger partial charge in [0.25, 0.3) is 0 Å². The zero-order valence-electron chi connectivity index (χ0n) is 12.1. The highest BCUT2D eigenvalue weighted by molar-refractivity contribution is 5.84. The molecule has 1 saturated heterocycles. The van der Waals surface area contributed by atoms with Gasteiger partial charge in [0, 0.05) is 13.2 Å². The van der Waals surface area contributed by atoms with Crippen LogP contribution >= 0.6 is 0 Å². The van der Waals surface area contributed by atoms with Gasteiger partial charge in [0.1, 0.15) is 5.75 Å². The minimum atomic E-state index is 0.768. The van der Waals surface area contributed by atoms with Crippen LogP contribution < -0.4 is 4.74 Å². The number of ether oxygens (including phenoxy) is 2. The van der Waals surface area contributed by atoms with Crippen LogP contribution in [-0.4, -0.2) is 19.8 Å². The maximum atomic E-state index is 6.01. The summed E-state index contributed by atoms with van der Waals surface area (Å²) in [4.78, 5) is 0. The summed E-state index contributed by atoms with van der Waals surface area (Å²) < 4.78 is 11.4. The van der Waals surface area contributed by atoms with Crippen molar-refractivity contribution in [2.45, 2.75) is 26.2 Å². The quantitative estimate of drug-likeness (QED) is 0.822. The second-order valence-electron chi connectivity index (χ2n) is 5.66. The largest absolute Gasteiger partial charge is 0.493 e. The van der Waals surface area contributed by atoms with Gasteiger partial charge in [0.05, 0.1) is 6.61 Å². The number of aryl methyl sites for hydroxylation is 1. The van der Waals surface area contributed by atoms with Crippen LogP contribution in [0.15, 0.2) is 36.4 Å². The Kier molecular flexibility index (Phi) is 4.22. The number of fused-ring (bicyclic) bond motifs is 1. The second-order valence-corrected chi connectivity index (χ2v) is 5.66. The smallest absolute Gasteiger partial charge is 0.122 e. The summed E-state index contributed by atoms with van der Waals surface area (Å²) in [6.07, 6.45) is 3.50. The molecule has 106 valence electrons. The predicted molar refractivity (Wildman–Crippen MR) is 82.3 cm³/mol. The standard InChI is InChI=1S/C18H22O2/c1-14-12-16-4-2-3-5-17(16)13-18(14)20-11-8-15-6-9-19-10-7-15/h2-5,12-13,15H,6-11H2,1H3. The molecule has 0 aliphatic carbocycles. The van der Waals surface area contributed by atoms with E-state index >= 15 is 0 Å². The molecular formula is C18H22O2. The molecule has 1 aliphatic rings. The van der Waals surface area contributed by atoms with Gasteiger partial charge in [0.2, 0.25) is 0 Å². The Labute approximate surface area is 120 Å². The molecule has 0 atom stereocenters. The van der Waals surface area contributed by atoms with E-state index in [1.54, 1.807) is 0 Å². The molecule has 2 nitrogen and oxygen atoms in total. The van der Waals surface area contributed by atoms with E-state index in [1.807, 2.05) is 0 Å². The molecule has 0 saturated carbocycles. The van der Waals surface area contributed by atoms with Gasteiger partial charge in [-0.05, 0) is 60.6 Å². The normalized spacial score (nSPS) is 16.4. The van der Waals surface area contributed by atoms with Gasteiger partial charge in [-0.25, -0.2) is 0 Å². The van der Waals surface area contributed by atoms with Gasteiger partial charge in [0.15, 0.2) is 0 Å². The minimum absolute atomic E-state index is 0.768. The molecule has 3 rings (SSSR count). The number of benzene rings is 2. The molecule has 1 fully saturated rings. The molecule has 0 bridgehead atoms. The Morgan fingerprint density at radius 2 is 1.80 bits per heavy atom. The van der Waals surface area contributed by atoms with Crippen LogP contribution in [0, 0.1) is 12.8 Å². The molecule has 0 spiro atoms. The van der Waals surface area contributed by atoms with Crippen molar-refractivity contribution in [3.63, 3.8) is 0 Å². The summed E-state index contributed by atoms with van der Waals surface area (Å²) in [5.41, 5.74) is 1.22. The average Bonchev–Trinajstić information content (AvgIpc) is 2.49. The van der Waals surface area contributed by atoms with Crippen molar-refractivity contribution in [1.29, 1.82) is 0 Å². The van der Waals surface area contributed by atoms with Crippen molar-refractivity contribution in [2.75, 3.05) is 19.8 Å². The monoisotopic (exact) mass is 270 g/mol. The highest BCUT2D eigenvalue weighted by atomic mass is 16.5. The topological polar surface area (TPSA) is 18.5 Å². The van der Waals surface area contributed by atoms with Crippen molar-refractivity contribution in [1.82, 2.24) is 0 Å². The summed E-state index contributed by atoms with van der Waals surface area (Å²) >= 11 is 0. The molecule has 0 amide bonds. The Balaban J connectivity index is 1.63. The minimum Gasteiger partial charge on any atom is -0.493 e. The number of rotatable bonds is 4. The molecule has 20 heavy (non-hydrogen) atoms. The average molecular weight is 270 g/mol. The lowest BCUT2D eigenvalue weighted by Gasteiger charge is -2.22. The fourth-order valence-corrected chi connectivity index (χ4v) is 2.86. The molecule has 2 heteroatoms. The Hall–Kier alpha value is -1.54. The van der Waals surface area contributed by atoms with Crippen LogP contribution in [0.25, 0.3) is 10.8 Å². The second kappa shape index (κ2) is 6.27. The molecule has 0 N–H and O–H groups in total. The number of hydrogen-bond acceptors (Lipinski definition) is 2. The molecular weight excluding hydrogens is 248 g/mol. The van der Waals surface area contributed by atoms with Crippen molar-refractivity contribution in [3.8, 4) is 5.75 Å². The van der Waals surface area contributed by atoms with E-state index in [9.17, 15) is 0 Å². The summed E-state index contributed by atoms with van der Waals surface area (Å²) in [5.74, 6) is 1.79. The first-order chi connectivity index (χ1) is 9.83. The third kappa shape index (κ3) is 3.13. The highest BCUT2D eigenvalue weighted by Crippen LogP contribution is 2.26. The fraction of sp³-hybridized carbons (Fsp3) is 0.444. The van der Waals surface area contributed by atoms with Crippen LogP contribution in [0.2, 0.25) is 0 Å². The summed E-state index contributed by atoms with van der Waals surface area (Å²) in [7, 11) is 0. The first-order valence-electron chi connectivity index (χ1n) is 7.53. The van der Waals surface area contributed by atoms with Gasteiger partial charge < -0.3 is 9.47 Å². The van der Waals surface area contributed by atoms with E-state index in [0.717, 1.165) is 37.9 Å². The van der Waals surface area contributed by atoms with Crippen molar-refractivity contribution in [2.24, 2.45) is 5.92 Å². The molecule has 1 heterocycles. The Morgan fingerprint density at radius 3 is 2.55 bits per heavy atom. The summed E-state index contributed by atoms with van der Waals surface area (Å²) in [5, 5.41) is 2.53.